The van der Waals surface area contributed by atoms with Gasteiger partial charge >= 0.3 is 6.09 Å². The van der Waals surface area contributed by atoms with E-state index in [1.54, 1.807) is 0 Å². The van der Waals surface area contributed by atoms with E-state index in [0.29, 0.717) is 6.04 Å². The molecule has 21 heavy (non-hydrogen) atoms. The second-order valence-electron chi connectivity index (χ2n) is 7.91. The molecule has 1 saturated carbocycles. The van der Waals surface area contributed by atoms with Crippen LogP contribution < -0.4 is 10.6 Å². The van der Waals surface area contributed by atoms with Crippen LogP contribution in [0.25, 0.3) is 0 Å². The molecule has 2 atom stereocenters. The molecule has 0 heterocycles. The number of carbonyl (C=O) groups excluding carboxylic acids is 1. The first kappa shape index (κ1) is 18.2. The molecular weight excluding hydrogens is 268 g/mol. The minimum absolute atomic E-state index is 0.106. The van der Waals surface area contributed by atoms with E-state index in [9.17, 15) is 9.90 Å². The molecule has 0 aliphatic heterocycles. The van der Waals surface area contributed by atoms with Crippen molar-refractivity contribution in [2.75, 3.05) is 13.2 Å². The number of aliphatic hydroxyl groups excluding tert-OH is 1. The van der Waals surface area contributed by atoms with Crippen LogP contribution in [0.2, 0.25) is 0 Å². The summed E-state index contributed by atoms with van der Waals surface area (Å²) in [4.78, 5) is 11.8. The number of ether oxygens (including phenoxy) is 1. The SMILES string of the molecule is CC(C)(CO)CNC1CCCC(NC(=O)OC(C)(C)C)C1. The number of nitrogens with one attached hydrogen (secondary N) is 2. The maximum atomic E-state index is 11.8. The Hall–Kier alpha value is -0.810. The predicted octanol–water partition coefficient (Wildman–Crippen LogP) is 2.43. The van der Waals surface area contributed by atoms with E-state index in [-0.39, 0.29) is 24.2 Å². The van der Waals surface area contributed by atoms with Gasteiger partial charge in [0.25, 0.3) is 0 Å². The highest BCUT2D eigenvalue weighted by molar-refractivity contribution is 5.68. The minimum atomic E-state index is -0.457. The number of amides is 1. The molecule has 0 aromatic rings. The summed E-state index contributed by atoms with van der Waals surface area (Å²) in [6.45, 7) is 10.6. The fourth-order valence-corrected chi connectivity index (χ4v) is 2.46. The Labute approximate surface area is 128 Å². The zero-order chi connectivity index (χ0) is 16.1. The summed E-state index contributed by atoms with van der Waals surface area (Å²) in [6.07, 6.45) is 3.80. The van der Waals surface area contributed by atoms with Crippen LogP contribution in [-0.2, 0) is 4.74 Å². The van der Waals surface area contributed by atoms with Gasteiger partial charge < -0.3 is 20.5 Å². The van der Waals surface area contributed by atoms with Gasteiger partial charge in [-0.1, -0.05) is 13.8 Å². The van der Waals surface area contributed by atoms with Crippen molar-refractivity contribution >= 4 is 6.09 Å². The Morgan fingerprint density at radius 2 is 1.81 bits per heavy atom. The molecule has 0 radical (unpaired) electrons. The van der Waals surface area contributed by atoms with Crippen molar-refractivity contribution < 1.29 is 14.6 Å². The number of aliphatic hydroxyl groups is 1. The molecular formula is C16H32N2O3. The van der Waals surface area contributed by atoms with Crippen molar-refractivity contribution in [3.05, 3.63) is 0 Å². The summed E-state index contributed by atoms with van der Waals surface area (Å²) < 4.78 is 5.30. The highest BCUT2D eigenvalue weighted by Gasteiger charge is 2.26. The molecule has 1 amide bonds. The summed E-state index contributed by atoms with van der Waals surface area (Å²) in [6, 6.07) is 0.563. The first-order valence-corrected chi connectivity index (χ1v) is 7.95. The summed E-state index contributed by atoms with van der Waals surface area (Å²) in [5, 5.41) is 15.8. The molecule has 5 nitrogen and oxygen atoms in total. The third-order valence-corrected chi connectivity index (χ3v) is 3.69. The monoisotopic (exact) mass is 300 g/mol. The highest BCUT2D eigenvalue weighted by atomic mass is 16.6. The van der Waals surface area contributed by atoms with Crippen molar-refractivity contribution in [3.8, 4) is 0 Å². The smallest absolute Gasteiger partial charge is 0.407 e. The molecule has 1 aliphatic rings. The first-order chi connectivity index (χ1) is 9.61. The topological polar surface area (TPSA) is 70.6 Å². The van der Waals surface area contributed by atoms with Gasteiger partial charge in [-0.25, -0.2) is 4.79 Å². The molecule has 0 aromatic carbocycles. The third-order valence-electron chi connectivity index (χ3n) is 3.69. The van der Waals surface area contributed by atoms with E-state index in [0.717, 1.165) is 32.2 Å². The second kappa shape index (κ2) is 7.45. The lowest BCUT2D eigenvalue weighted by Crippen LogP contribution is -2.47. The van der Waals surface area contributed by atoms with Crippen molar-refractivity contribution in [1.29, 1.82) is 0 Å². The molecule has 1 rings (SSSR count). The zero-order valence-electron chi connectivity index (χ0n) is 14.2. The average molecular weight is 300 g/mol. The van der Waals surface area contributed by atoms with Gasteiger partial charge in [0.1, 0.15) is 5.60 Å². The summed E-state index contributed by atoms with van der Waals surface area (Å²) in [7, 11) is 0. The van der Waals surface area contributed by atoms with Gasteiger partial charge in [0.05, 0.1) is 0 Å². The van der Waals surface area contributed by atoms with Gasteiger partial charge in [0.2, 0.25) is 0 Å². The molecule has 0 saturated heterocycles. The number of rotatable bonds is 5. The van der Waals surface area contributed by atoms with E-state index in [4.69, 9.17) is 4.74 Å². The maximum Gasteiger partial charge on any atom is 0.407 e. The molecule has 1 fully saturated rings. The second-order valence-corrected chi connectivity index (χ2v) is 7.91. The third kappa shape index (κ3) is 7.67. The van der Waals surface area contributed by atoms with Crippen LogP contribution in [0.4, 0.5) is 4.79 Å². The fourth-order valence-electron chi connectivity index (χ4n) is 2.46. The molecule has 3 N–H and O–H groups in total. The van der Waals surface area contributed by atoms with E-state index >= 15 is 0 Å². The molecule has 0 bridgehead atoms. The Bertz CT molecular complexity index is 337. The van der Waals surface area contributed by atoms with Gasteiger partial charge in [-0.15, -0.1) is 0 Å². The minimum Gasteiger partial charge on any atom is -0.444 e. The molecule has 0 aromatic heterocycles. The van der Waals surface area contributed by atoms with E-state index < -0.39 is 5.60 Å². The number of hydrogen-bond donors (Lipinski definition) is 3. The van der Waals surface area contributed by atoms with E-state index in [1.807, 2.05) is 34.6 Å². The van der Waals surface area contributed by atoms with Crippen LogP contribution >= 0.6 is 0 Å². The normalized spacial score (nSPS) is 23.7. The maximum absolute atomic E-state index is 11.8. The predicted molar refractivity (Wildman–Crippen MR) is 84.3 cm³/mol. The van der Waals surface area contributed by atoms with Crippen molar-refractivity contribution in [2.45, 2.75) is 78.0 Å². The lowest BCUT2D eigenvalue weighted by molar-refractivity contribution is 0.0487. The van der Waals surface area contributed by atoms with Gasteiger partial charge in [0, 0.05) is 30.7 Å². The van der Waals surface area contributed by atoms with E-state index in [1.165, 1.54) is 0 Å². The van der Waals surface area contributed by atoms with Gasteiger partial charge in [0.15, 0.2) is 0 Å². The summed E-state index contributed by atoms with van der Waals surface area (Å²) >= 11 is 0. The molecule has 124 valence electrons. The van der Waals surface area contributed by atoms with Crippen LogP contribution in [0.1, 0.15) is 60.3 Å². The number of hydrogen-bond acceptors (Lipinski definition) is 4. The lowest BCUT2D eigenvalue weighted by atomic mass is 9.89. The van der Waals surface area contributed by atoms with E-state index in [2.05, 4.69) is 10.6 Å². The van der Waals surface area contributed by atoms with Crippen molar-refractivity contribution in [3.63, 3.8) is 0 Å². The number of alkyl carbamates (subject to hydrolysis) is 1. The fraction of sp³-hybridized carbons (Fsp3) is 0.938. The van der Waals surface area contributed by atoms with Crippen LogP contribution in [0.5, 0.6) is 0 Å². The molecule has 5 heteroatoms. The Kier molecular flexibility index (Phi) is 6.47. The Balaban J connectivity index is 2.37. The molecule has 2 unspecified atom stereocenters. The summed E-state index contributed by atoms with van der Waals surface area (Å²) in [5.74, 6) is 0. The molecule has 1 aliphatic carbocycles. The highest BCUT2D eigenvalue weighted by Crippen LogP contribution is 2.21. The van der Waals surface area contributed by atoms with Crippen LogP contribution in [0.3, 0.4) is 0 Å². The summed E-state index contributed by atoms with van der Waals surface area (Å²) in [5.41, 5.74) is -0.562. The van der Waals surface area contributed by atoms with Crippen LogP contribution in [-0.4, -0.2) is 42.0 Å². The molecule has 0 spiro atoms. The first-order valence-electron chi connectivity index (χ1n) is 7.95. The van der Waals surface area contributed by atoms with Gasteiger partial charge in [-0.2, -0.15) is 0 Å². The van der Waals surface area contributed by atoms with Gasteiger partial charge in [-0.3, -0.25) is 0 Å². The quantitative estimate of drug-likeness (QED) is 0.729. The average Bonchev–Trinajstić information content (AvgIpc) is 2.34. The largest absolute Gasteiger partial charge is 0.444 e. The van der Waals surface area contributed by atoms with Crippen LogP contribution in [0, 0.1) is 5.41 Å². The van der Waals surface area contributed by atoms with Crippen molar-refractivity contribution in [1.82, 2.24) is 10.6 Å². The Morgan fingerprint density at radius 3 is 2.38 bits per heavy atom. The zero-order valence-corrected chi connectivity index (χ0v) is 14.2. The standard InChI is InChI=1S/C16H32N2O3/c1-15(2,3)21-14(20)18-13-8-6-7-12(9-13)17-10-16(4,5)11-19/h12-13,17,19H,6-11H2,1-5H3,(H,18,20). The van der Waals surface area contributed by atoms with Crippen LogP contribution in [0.15, 0.2) is 0 Å². The van der Waals surface area contributed by atoms with Gasteiger partial charge in [-0.05, 0) is 46.5 Å². The van der Waals surface area contributed by atoms with Crippen molar-refractivity contribution in [2.24, 2.45) is 5.41 Å². The number of carbonyl (C=O) groups is 1. The lowest BCUT2D eigenvalue weighted by Gasteiger charge is -2.33. The Morgan fingerprint density at radius 1 is 1.19 bits per heavy atom.